The van der Waals surface area contributed by atoms with Crippen molar-refractivity contribution in [3.8, 4) is 22.6 Å². The molecule has 30 heavy (non-hydrogen) atoms. The van der Waals surface area contributed by atoms with Gasteiger partial charge in [-0.3, -0.25) is 0 Å². The molecule has 0 radical (unpaired) electrons. The van der Waals surface area contributed by atoms with Gasteiger partial charge in [-0.15, -0.1) is 0 Å². The zero-order valence-electron chi connectivity index (χ0n) is 17.6. The molecule has 0 heterocycles. The maximum absolute atomic E-state index is 6.35. The van der Waals surface area contributed by atoms with Crippen molar-refractivity contribution in [2.24, 2.45) is 0 Å². The summed E-state index contributed by atoms with van der Waals surface area (Å²) in [6, 6.07) is 13.0. The second kappa shape index (κ2) is 15.3. The van der Waals surface area contributed by atoms with Crippen LogP contribution in [0, 0.1) is 0 Å². The molecule has 0 atom stereocenters. The topological polar surface area (TPSA) is 18.5 Å². The molecule has 2 nitrogen and oxygen atoms in total. The van der Waals surface area contributed by atoms with E-state index in [0.29, 0.717) is 13.2 Å². The van der Waals surface area contributed by atoms with Crippen LogP contribution < -0.4 is 9.47 Å². The van der Waals surface area contributed by atoms with Crippen molar-refractivity contribution in [1.29, 1.82) is 0 Å². The van der Waals surface area contributed by atoms with Crippen LogP contribution in [0.25, 0.3) is 11.1 Å². The number of hydrogen-bond donors (Lipinski definition) is 4. The highest BCUT2D eigenvalue weighted by Crippen LogP contribution is 2.40. The molecular weight excluding hydrogens is 449 g/mol. The van der Waals surface area contributed by atoms with Crippen LogP contribution in [-0.4, -0.2) is 36.2 Å². The molecule has 6 heteroatoms. The third kappa shape index (κ3) is 8.18. The van der Waals surface area contributed by atoms with Gasteiger partial charge in [0.25, 0.3) is 0 Å². The minimum atomic E-state index is 0.643. The van der Waals surface area contributed by atoms with E-state index in [1.165, 1.54) is 11.1 Å². The van der Waals surface area contributed by atoms with Crippen molar-refractivity contribution in [3.63, 3.8) is 0 Å². The average molecular weight is 483 g/mol. The molecule has 2 aromatic rings. The lowest BCUT2D eigenvalue weighted by Gasteiger charge is -2.20. The van der Waals surface area contributed by atoms with Gasteiger partial charge in [0.15, 0.2) is 0 Å². The largest absolute Gasteiger partial charge is 0.493 e. The maximum atomic E-state index is 6.35. The number of hydrogen-bond acceptors (Lipinski definition) is 6. The molecule has 2 aromatic carbocycles. The van der Waals surface area contributed by atoms with Gasteiger partial charge in [-0.1, -0.05) is 24.3 Å². The summed E-state index contributed by atoms with van der Waals surface area (Å²) in [5.74, 6) is 5.19. The van der Waals surface area contributed by atoms with E-state index in [9.17, 15) is 0 Å². The maximum Gasteiger partial charge on any atom is 0.134 e. The van der Waals surface area contributed by atoms with Crippen LogP contribution in [0.15, 0.2) is 36.4 Å². The number of benzene rings is 2. The van der Waals surface area contributed by atoms with Crippen molar-refractivity contribution < 1.29 is 9.47 Å². The van der Waals surface area contributed by atoms with Gasteiger partial charge in [-0.2, -0.15) is 50.5 Å². The van der Waals surface area contributed by atoms with E-state index in [2.05, 4.69) is 86.9 Å². The fourth-order valence-electron chi connectivity index (χ4n) is 3.29. The summed E-state index contributed by atoms with van der Waals surface area (Å²) in [4.78, 5) is 0. The Morgan fingerprint density at radius 3 is 2.03 bits per heavy atom. The smallest absolute Gasteiger partial charge is 0.134 e. The molecule has 166 valence electrons. The van der Waals surface area contributed by atoms with Crippen LogP contribution in [0.5, 0.6) is 11.5 Å². The highest BCUT2D eigenvalue weighted by atomic mass is 32.1. The normalized spacial score (nSPS) is 10.9. The Kier molecular flexibility index (Phi) is 13.1. The molecule has 0 unspecified atom stereocenters. The van der Waals surface area contributed by atoms with Gasteiger partial charge in [-0.25, -0.2) is 0 Å². The van der Waals surface area contributed by atoms with Crippen molar-refractivity contribution in [3.05, 3.63) is 47.5 Å². The van der Waals surface area contributed by atoms with E-state index < -0.39 is 0 Å². The van der Waals surface area contributed by atoms with Gasteiger partial charge in [0.05, 0.1) is 13.2 Å². The molecule has 0 spiro atoms. The van der Waals surface area contributed by atoms with Crippen LogP contribution in [0.4, 0.5) is 0 Å². The summed E-state index contributed by atoms with van der Waals surface area (Å²) in [5.41, 5.74) is 4.77. The lowest BCUT2D eigenvalue weighted by molar-refractivity contribution is 0.297. The summed E-state index contributed by atoms with van der Waals surface area (Å²) in [6.07, 6.45) is 5.78. The first-order valence-corrected chi connectivity index (χ1v) is 13.2. The molecule has 2 rings (SSSR count). The van der Waals surface area contributed by atoms with E-state index in [0.717, 1.165) is 84.2 Å². The van der Waals surface area contributed by atoms with E-state index in [-0.39, 0.29) is 0 Å². The highest BCUT2D eigenvalue weighted by Gasteiger charge is 2.17. The van der Waals surface area contributed by atoms with Crippen molar-refractivity contribution >= 4 is 50.5 Å². The number of rotatable bonds is 15. The Labute approximate surface area is 204 Å². The van der Waals surface area contributed by atoms with Crippen LogP contribution in [0.1, 0.15) is 36.8 Å². The second-order valence-corrected chi connectivity index (χ2v) is 8.91. The molecule has 0 N–H and O–H groups in total. The van der Waals surface area contributed by atoms with E-state index in [4.69, 9.17) is 9.47 Å². The molecule has 0 amide bonds. The van der Waals surface area contributed by atoms with Crippen molar-refractivity contribution in [2.45, 2.75) is 38.5 Å². The fraction of sp³-hybridized carbons (Fsp3) is 0.500. The lowest BCUT2D eigenvalue weighted by atomic mass is 9.96. The summed E-state index contributed by atoms with van der Waals surface area (Å²) in [5, 5.41) is 0. The summed E-state index contributed by atoms with van der Waals surface area (Å²) in [7, 11) is 0. The highest BCUT2D eigenvalue weighted by molar-refractivity contribution is 7.80. The van der Waals surface area contributed by atoms with Crippen LogP contribution >= 0.6 is 50.5 Å². The number of ether oxygens (including phenoxy) is 2. The zero-order valence-corrected chi connectivity index (χ0v) is 21.1. The Hall–Kier alpha value is -0.560. The Balaban J connectivity index is 2.46. The number of aryl methyl sites for hydroxylation is 1. The van der Waals surface area contributed by atoms with Gasteiger partial charge >= 0.3 is 0 Å². The molecule has 0 aliphatic carbocycles. The minimum Gasteiger partial charge on any atom is -0.493 e. The van der Waals surface area contributed by atoms with E-state index >= 15 is 0 Å². The standard InChI is InChI=1S/C24H34O2S4/c27-14-2-7-19-6-1-8-20(18-19)21-10-11-23(25-12-4-16-29)22(9-3-15-28)24(21)26-13-5-17-30/h1,6,8,10-11,18,27-30H,2-5,7,9,12-17H2. The average Bonchev–Trinajstić information content (AvgIpc) is 2.77. The van der Waals surface area contributed by atoms with Crippen LogP contribution in [-0.2, 0) is 12.8 Å². The first kappa shape index (κ1) is 25.7. The Morgan fingerprint density at radius 1 is 0.667 bits per heavy atom. The molecule has 0 aliphatic heterocycles. The predicted molar refractivity (Wildman–Crippen MR) is 144 cm³/mol. The second-order valence-electron chi connectivity index (χ2n) is 7.12. The summed E-state index contributed by atoms with van der Waals surface area (Å²) in [6.45, 7) is 1.30. The molecule has 0 aliphatic rings. The van der Waals surface area contributed by atoms with Crippen molar-refractivity contribution in [1.82, 2.24) is 0 Å². The lowest BCUT2D eigenvalue weighted by Crippen LogP contribution is -2.07. The Bertz CT molecular complexity index is 752. The predicted octanol–water partition coefficient (Wildman–Crippen LogP) is 6.48. The van der Waals surface area contributed by atoms with E-state index in [1.807, 2.05) is 0 Å². The first-order chi connectivity index (χ1) is 14.7. The third-order valence-electron chi connectivity index (χ3n) is 4.77. The summed E-state index contributed by atoms with van der Waals surface area (Å²) < 4.78 is 12.5. The molecule has 0 fully saturated rings. The number of thiol groups is 4. The SMILES string of the molecule is SCCCOc1ccc(-c2cccc(CCCS)c2)c(OCCCS)c1CCCS. The van der Waals surface area contributed by atoms with Crippen LogP contribution in [0.2, 0.25) is 0 Å². The summed E-state index contributed by atoms with van der Waals surface area (Å²) >= 11 is 17.4. The third-order valence-corrected chi connectivity index (χ3v) is 6.04. The van der Waals surface area contributed by atoms with Crippen molar-refractivity contribution in [2.75, 3.05) is 36.2 Å². The first-order valence-electron chi connectivity index (χ1n) is 10.7. The molecule has 0 aromatic heterocycles. The molecule has 0 saturated heterocycles. The minimum absolute atomic E-state index is 0.643. The monoisotopic (exact) mass is 482 g/mol. The molecule has 0 saturated carbocycles. The van der Waals surface area contributed by atoms with Gasteiger partial charge in [0.2, 0.25) is 0 Å². The van der Waals surface area contributed by atoms with Crippen LogP contribution in [0.3, 0.4) is 0 Å². The quantitative estimate of drug-likeness (QED) is 0.172. The van der Waals surface area contributed by atoms with Gasteiger partial charge < -0.3 is 9.47 Å². The van der Waals surface area contributed by atoms with E-state index in [1.54, 1.807) is 0 Å². The van der Waals surface area contributed by atoms with Gasteiger partial charge in [0, 0.05) is 11.1 Å². The molecular formula is C24H34O2S4. The van der Waals surface area contributed by atoms with Gasteiger partial charge in [0.1, 0.15) is 11.5 Å². The fourth-order valence-corrected chi connectivity index (χ4v) is 3.87. The van der Waals surface area contributed by atoms with Gasteiger partial charge in [-0.05, 0) is 84.8 Å². The molecule has 0 bridgehead atoms. The zero-order chi connectivity index (χ0) is 21.6. The Morgan fingerprint density at radius 2 is 1.33 bits per heavy atom.